The van der Waals surface area contributed by atoms with Gasteiger partial charge >= 0.3 is 0 Å². The first-order chi connectivity index (χ1) is 10.2. The van der Waals surface area contributed by atoms with Crippen LogP contribution in [-0.4, -0.2) is 17.8 Å². The third-order valence-corrected chi connectivity index (χ3v) is 3.96. The summed E-state index contributed by atoms with van der Waals surface area (Å²) in [6.07, 6.45) is 6.31. The Hall–Kier alpha value is -1.53. The van der Waals surface area contributed by atoms with Crippen LogP contribution in [0.4, 0.5) is 4.39 Å². The van der Waals surface area contributed by atoms with E-state index in [1.54, 1.807) is 6.07 Å². The average Bonchev–Trinajstić information content (AvgIpc) is 2.47. The molecule has 2 atom stereocenters. The minimum absolute atomic E-state index is 0.0200. The lowest BCUT2D eigenvalue weighted by atomic mass is 9.85. The van der Waals surface area contributed by atoms with Crippen LogP contribution in [0.2, 0.25) is 0 Å². The molecule has 0 heterocycles. The predicted octanol–water partition coefficient (Wildman–Crippen LogP) is 3.91. The van der Waals surface area contributed by atoms with Crippen LogP contribution in [0.5, 0.6) is 5.75 Å². The predicted molar refractivity (Wildman–Crippen MR) is 81.6 cm³/mol. The number of halogens is 1. The first-order valence-corrected chi connectivity index (χ1v) is 7.78. The first kappa shape index (κ1) is 15.9. The van der Waals surface area contributed by atoms with Gasteiger partial charge in [0.25, 0.3) is 0 Å². The molecule has 0 spiro atoms. The van der Waals surface area contributed by atoms with Crippen molar-refractivity contribution in [3.63, 3.8) is 0 Å². The van der Waals surface area contributed by atoms with E-state index in [1.165, 1.54) is 31.4 Å². The second-order valence-electron chi connectivity index (χ2n) is 5.63. The van der Waals surface area contributed by atoms with E-state index in [0.717, 1.165) is 18.8 Å². The van der Waals surface area contributed by atoms with Gasteiger partial charge in [-0.2, -0.15) is 0 Å². The highest BCUT2D eigenvalue weighted by molar-refractivity contribution is 5.40. The van der Waals surface area contributed by atoms with Crippen molar-refractivity contribution in [2.24, 2.45) is 5.92 Å². The number of aliphatic hydroxyl groups is 1. The molecule has 2 unspecified atom stereocenters. The third kappa shape index (κ3) is 5.06. The molecule has 1 fully saturated rings. The largest absolute Gasteiger partial charge is 0.490 e. The fourth-order valence-corrected chi connectivity index (χ4v) is 2.84. The maximum Gasteiger partial charge on any atom is 0.128 e. The van der Waals surface area contributed by atoms with E-state index in [1.807, 2.05) is 0 Å². The van der Waals surface area contributed by atoms with E-state index >= 15 is 0 Å². The van der Waals surface area contributed by atoms with Crippen LogP contribution >= 0.6 is 0 Å². The van der Waals surface area contributed by atoms with E-state index in [-0.39, 0.29) is 18.5 Å². The Morgan fingerprint density at radius 1 is 1.33 bits per heavy atom. The molecule has 1 N–H and O–H groups in total. The van der Waals surface area contributed by atoms with Gasteiger partial charge in [0.05, 0.1) is 12.7 Å². The molecule has 0 saturated heterocycles. The highest BCUT2D eigenvalue weighted by atomic mass is 19.1. The molecule has 3 heteroatoms. The quantitative estimate of drug-likeness (QED) is 0.852. The van der Waals surface area contributed by atoms with Gasteiger partial charge in [-0.25, -0.2) is 4.39 Å². The van der Waals surface area contributed by atoms with E-state index in [9.17, 15) is 4.39 Å². The summed E-state index contributed by atoms with van der Waals surface area (Å²) < 4.78 is 19.6. The van der Waals surface area contributed by atoms with Crippen molar-refractivity contribution in [2.45, 2.75) is 51.6 Å². The molecule has 0 aromatic heterocycles. The molecule has 0 bridgehead atoms. The SMILES string of the molecule is CCC1CCCC(Oc2cc(F)cc(C#CCCO)c2)C1. The van der Waals surface area contributed by atoms with Gasteiger partial charge < -0.3 is 9.84 Å². The van der Waals surface area contributed by atoms with E-state index in [2.05, 4.69) is 18.8 Å². The third-order valence-electron chi connectivity index (χ3n) is 3.96. The van der Waals surface area contributed by atoms with Crippen LogP contribution in [0.3, 0.4) is 0 Å². The molecule has 0 amide bonds. The van der Waals surface area contributed by atoms with Gasteiger partial charge in [-0.15, -0.1) is 0 Å². The summed E-state index contributed by atoms with van der Waals surface area (Å²) in [5, 5.41) is 8.72. The van der Waals surface area contributed by atoms with Crippen LogP contribution in [0.25, 0.3) is 0 Å². The van der Waals surface area contributed by atoms with Crippen LogP contribution in [-0.2, 0) is 0 Å². The lowest BCUT2D eigenvalue weighted by Gasteiger charge is -2.29. The van der Waals surface area contributed by atoms with E-state index < -0.39 is 0 Å². The minimum Gasteiger partial charge on any atom is -0.490 e. The second kappa shape index (κ2) is 8.05. The molecular formula is C18H23FO2. The standard InChI is InChI=1S/C18H23FO2/c1-2-14-7-5-8-17(11-14)21-18-12-15(6-3-4-9-20)10-16(19)13-18/h10,12-14,17,20H,2,4-5,7-9,11H2,1H3. The molecule has 0 radical (unpaired) electrons. The number of rotatable bonds is 4. The number of benzene rings is 1. The van der Waals surface area contributed by atoms with Crippen molar-refractivity contribution in [3.05, 3.63) is 29.6 Å². The average molecular weight is 290 g/mol. The van der Waals surface area contributed by atoms with E-state index in [0.29, 0.717) is 17.7 Å². The molecule has 1 aromatic carbocycles. The maximum absolute atomic E-state index is 13.6. The molecule has 1 aliphatic rings. The van der Waals surface area contributed by atoms with Crippen molar-refractivity contribution in [1.82, 2.24) is 0 Å². The van der Waals surface area contributed by atoms with Crippen LogP contribution < -0.4 is 4.74 Å². The Balaban J connectivity index is 2.04. The summed E-state index contributed by atoms with van der Waals surface area (Å²) in [6.45, 7) is 2.23. The van der Waals surface area contributed by atoms with Crippen molar-refractivity contribution in [1.29, 1.82) is 0 Å². The number of hydrogen-bond donors (Lipinski definition) is 1. The highest BCUT2D eigenvalue weighted by Crippen LogP contribution is 2.30. The molecule has 0 aliphatic heterocycles. The molecular weight excluding hydrogens is 267 g/mol. The van der Waals surface area contributed by atoms with Crippen LogP contribution in [0.1, 0.15) is 51.0 Å². The van der Waals surface area contributed by atoms with Crippen molar-refractivity contribution in [2.75, 3.05) is 6.61 Å². The number of ether oxygens (including phenoxy) is 1. The maximum atomic E-state index is 13.6. The fourth-order valence-electron chi connectivity index (χ4n) is 2.84. The second-order valence-corrected chi connectivity index (χ2v) is 5.63. The highest BCUT2D eigenvalue weighted by Gasteiger charge is 2.22. The van der Waals surface area contributed by atoms with Crippen molar-refractivity contribution < 1.29 is 14.2 Å². The van der Waals surface area contributed by atoms with Gasteiger partial charge in [-0.1, -0.05) is 31.6 Å². The van der Waals surface area contributed by atoms with Gasteiger partial charge in [-0.3, -0.25) is 0 Å². The summed E-state index contributed by atoms with van der Waals surface area (Å²) in [6, 6.07) is 4.60. The summed E-state index contributed by atoms with van der Waals surface area (Å²) in [5.41, 5.74) is 0.598. The zero-order valence-corrected chi connectivity index (χ0v) is 12.6. The lowest BCUT2D eigenvalue weighted by molar-refractivity contribution is 0.121. The molecule has 2 rings (SSSR count). The van der Waals surface area contributed by atoms with Gasteiger partial charge in [-0.05, 0) is 37.3 Å². The summed E-state index contributed by atoms with van der Waals surface area (Å²) >= 11 is 0. The van der Waals surface area contributed by atoms with Crippen LogP contribution in [0.15, 0.2) is 18.2 Å². The first-order valence-electron chi connectivity index (χ1n) is 7.78. The Bertz CT molecular complexity index is 516. The molecule has 1 aromatic rings. The Morgan fingerprint density at radius 3 is 2.95 bits per heavy atom. The van der Waals surface area contributed by atoms with Gasteiger partial charge in [0.1, 0.15) is 11.6 Å². The summed E-state index contributed by atoms with van der Waals surface area (Å²) in [4.78, 5) is 0. The van der Waals surface area contributed by atoms with Gasteiger partial charge in [0.2, 0.25) is 0 Å². The van der Waals surface area contributed by atoms with Crippen LogP contribution in [0, 0.1) is 23.6 Å². The lowest BCUT2D eigenvalue weighted by Crippen LogP contribution is -2.25. The summed E-state index contributed by atoms with van der Waals surface area (Å²) in [5.74, 6) is 6.61. The monoisotopic (exact) mass is 290 g/mol. The Kier molecular flexibility index (Phi) is 6.07. The fraction of sp³-hybridized carbons (Fsp3) is 0.556. The van der Waals surface area contributed by atoms with E-state index in [4.69, 9.17) is 9.84 Å². The molecule has 2 nitrogen and oxygen atoms in total. The zero-order chi connectivity index (χ0) is 15.1. The molecule has 1 saturated carbocycles. The number of hydrogen-bond acceptors (Lipinski definition) is 2. The molecule has 114 valence electrons. The Morgan fingerprint density at radius 2 is 2.19 bits per heavy atom. The topological polar surface area (TPSA) is 29.5 Å². The van der Waals surface area contributed by atoms with Crippen molar-refractivity contribution in [3.8, 4) is 17.6 Å². The molecule has 1 aliphatic carbocycles. The normalized spacial score (nSPS) is 21.5. The summed E-state index contributed by atoms with van der Waals surface area (Å²) in [7, 11) is 0. The van der Waals surface area contributed by atoms with Gasteiger partial charge in [0.15, 0.2) is 0 Å². The minimum atomic E-state index is -0.330. The Labute approximate surface area is 126 Å². The smallest absolute Gasteiger partial charge is 0.128 e. The molecule has 21 heavy (non-hydrogen) atoms. The van der Waals surface area contributed by atoms with Gasteiger partial charge in [0, 0.05) is 18.1 Å². The number of aliphatic hydroxyl groups excluding tert-OH is 1. The zero-order valence-electron chi connectivity index (χ0n) is 12.6. The van der Waals surface area contributed by atoms with Crippen molar-refractivity contribution >= 4 is 0 Å².